The second-order valence-corrected chi connectivity index (χ2v) is 5.19. The van der Waals surface area contributed by atoms with E-state index in [2.05, 4.69) is 64.9 Å². The second kappa shape index (κ2) is 4.25. The van der Waals surface area contributed by atoms with Gasteiger partial charge in [-0.1, -0.05) is 42.5 Å². The highest BCUT2D eigenvalue weighted by Crippen LogP contribution is 2.31. The van der Waals surface area contributed by atoms with Gasteiger partial charge in [0.15, 0.2) is 0 Å². The van der Waals surface area contributed by atoms with E-state index in [1.165, 1.54) is 27.7 Å². The third-order valence-electron chi connectivity index (χ3n) is 4.02. The molecule has 0 spiro atoms. The Balaban J connectivity index is 1.85. The lowest BCUT2D eigenvalue weighted by Crippen LogP contribution is -2.28. The van der Waals surface area contributed by atoms with Crippen LogP contribution in [0.1, 0.15) is 22.7 Å². The fourth-order valence-corrected chi connectivity index (χ4v) is 3.06. The normalized spacial score (nSPS) is 18.4. The lowest BCUT2D eigenvalue weighted by Gasteiger charge is -2.25. The number of aromatic nitrogens is 1. The van der Waals surface area contributed by atoms with Crippen molar-refractivity contribution in [3.05, 3.63) is 71.4 Å². The van der Waals surface area contributed by atoms with Crippen LogP contribution < -0.4 is 5.32 Å². The van der Waals surface area contributed by atoms with E-state index in [9.17, 15) is 0 Å². The van der Waals surface area contributed by atoms with Crippen LogP contribution in [0.5, 0.6) is 0 Å². The molecule has 1 atom stereocenters. The number of nitrogens with one attached hydrogen (secondary N) is 2. The number of rotatable bonds is 1. The predicted molar refractivity (Wildman–Crippen MR) is 78.3 cm³/mol. The first-order valence-electron chi connectivity index (χ1n) is 6.78. The SMILES string of the molecule is c1ccc2c(c1)CNC[C@H]2c1cc2ccccc2[nH]1. The van der Waals surface area contributed by atoms with Gasteiger partial charge in [0.1, 0.15) is 0 Å². The summed E-state index contributed by atoms with van der Waals surface area (Å²) in [5.41, 5.74) is 5.40. The van der Waals surface area contributed by atoms with Crippen molar-refractivity contribution in [2.75, 3.05) is 6.54 Å². The standard InChI is InChI=1S/C17H16N2/c1-3-7-14-13(6-1)10-18-11-15(14)17-9-12-5-2-4-8-16(12)19-17/h1-9,15,18-19H,10-11H2/t15-/m1/s1. The van der Waals surface area contributed by atoms with Crippen molar-refractivity contribution in [2.45, 2.75) is 12.5 Å². The number of para-hydroxylation sites is 1. The molecule has 0 aliphatic carbocycles. The summed E-state index contributed by atoms with van der Waals surface area (Å²) in [5, 5.41) is 4.81. The van der Waals surface area contributed by atoms with Crippen LogP contribution in [-0.2, 0) is 6.54 Å². The van der Waals surface area contributed by atoms with Crippen molar-refractivity contribution in [2.24, 2.45) is 0 Å². The molecule has 2 heteroatoms. The first-order valence-corrected chi connectivity index (χ1v) is 6.78. The van der Waals surface area contributed by atoms with Crippen LogP contribution >= 0.6 is 0 Å². The van der Waals surface area contributed by atoms with E-state index in [1.54, 1.807) is 0 Å². The molecule has 0 amide bonds. The fraction of sp³-hybridized carbons (Fsp3) is 0.176. The van der Waals surface area contributed by atoms with Crippen molar-refractivity contribution in [3.63, 3.8) is 0 Å². The quantitative estimate of drug-likeness (QED) is 0.678. The Morgan fingerprint density at radius 1 is 0.947 bits per heavy atom. The van der Waals surface area contributed by atoms with Crippen molar-refractivity contribution >= 4 is 10.9 Å². The second-order valence-electron chi connectivity index (χ2n) is 5.19. The van der Waals surface area contributed by atoms with Crippen molar-refractivity contribution in [1.82, 2.24) is 10.3 Å². The van der Waals surface area contributed by atoms with Gasteiger partial charge in [0.05, 0.1) is 0 Å². The number of fused-ring (bicyclic) bond motifs is 2. The van der Waals surface area contributed by atoms with Gasteiger partial charge in [-0.3, -0.25) is 0 Å². The zero-order chi connectivity index (χ0) is 12.7. The van der Waals surface area contributed by atoms with Gasteiger partial charge in [-0.25, -0.2) is 0 Å². The average molecular weight is 248 g/mol. The molecule has 0 saturated heterocycles. The first-order chi connectivity index (χ1) is 9.42. The first kappa shape index (κ1) is 10.8. The third-order valence-corrected chi connectivity index (χ3v) is 4.02. The summed E-state index contributed by atoms with van der Waals surface area (Å²) in [6.45, 7) is 1.98. The molecule has 3 aromatic rings. The summed E-state index contributed by atoms with van der Waals surface area (Å²) in [6, 6.07) is 19.5. The van der Waals surface area contributed by atoms with Crippen LogP contribution in [0.2, 0.25) is 0 Å². The number of H-pyrrole nitrogens is 1. The van der Waals surface area contributed by atoms with Gasteiger partial charge in [-0.2, -0.15) is 0 Å². The molecule has 1 aliphatic heterocycles. The monoisotopic (exact) mass is 248 g/mol. The average Bonchev–Trinajstić information content (AvgIpc) is 2.90. The van der Waals surface area contributed by atoms with Gasteiger partial charge in [0, 0.05) is 30.2 Å². The number of hydrogen-bond donors (Lipinski definition) is 2. The number of aromatic amines is 1. The molecule has 1 aromatic heterocycles. The third kappa shape index (κ3) is 1.76. The molecule has 0 unspecified atom stereocenters. The molecular formula is C17H16N2. The van der Waals surface area contributed by atoms with Crippen molar-refractivity contribution < 1.29 is 0 Å². The maximum absolute atomic E-state index is 3.57. The van der Waals surface area contributed by atoms with E-state index in [0.717, 1.165) is 13.1 Å². The lowest BCUT2D eigenvalue weighted by atomic mass is 9.88. The van der Waals surface area contributed by atoms with Gasteiger partial charge in [0.2, 0.25) is 0 Å². The van der Waals surface area contributed by atoms with Crippen molar-refractivity contribution in [3.8, 4) is 0 Å². The number of benzene rings is 2. The highest BCUT2D eigenvalue weighted by molar-refractivity contribution is 5.80. The Bertz CT molecular complexity index is 694. The smallest absolute Gasteiger partial charge is 0.0456 e. The molecule has 0 radical (unpaired) electrons. The van der Waals surface area contributed by atoms with E-state index in [0.29, 0.717) is 5.92 Å². The van der Waals surface area contributed by atoms with E-state index < -0.39 is 0 Å². The topological polar surface area (TPSA) is 27.8 Å². The summed E-state index contributed by atoms with van der Waals surface area (Å²) in [4.78, 5) is 3.57. The van der Waals surface area contributed by atoms with Gasteiger partial charge in [-0.15, -0.1) is 0 Å². The number of hydrogen-bond acceptors (Lipinski definition) is 1. The molecule has 0 bridgehead atoms. The minimum atomic E-state index is 0.428. The van der Waals surface area contributed by atoms with Crippen LogP contribution in [0.25, 0.3) is 10.9 Å². The van der Waals surface area contributed by atoms with E-state index in [4.69, 9.17) is 0 Å². The zero-order valence-corrected chi connectivity index (χ0v) is 10.7. The Kier molecular flexibility index (Phi) is 2.42. The summed E-state index contributed by atoms with van der Waals surface area (Å²) in [6.07, 6.45) is 0. The highest BCUT2D eigenvalue weighted by Gasteiger charge is 2.22. The van der Waals surface area contributed by atoms with Gasteiger partial charge < -0.3 is 10.3 Å². The maximum Gasteiger partial charge on any atom is 0.0456 e. The molecule has 0 saturated carbocycles. The molecule has 0 fully saturated rings. The van der Waals surface area contributed by atoms with Crippen LogP contribution in [0.3, 0.4) is 0 Å². The highest BCUT2D eigenvalue weighted by atomic mass is 14.9. The molecule has 19 heavy (non-hydrogen) atoms. The molecule has 1 aliphatic rings. The fourth-order valence-electron chi connectivity index (χ4n) is 3.06. The molecule has 2 N–H and O–H groups in total. The van der Waals surface area contributed by atoms with Crippen LogP contribution in [0.15, 0.2) is 54.6 Å². The summed E-state index contributed by atoms with van der Waals surface area (Å²) in [7, 11) is 0. The summed E-state index contributed by atoms with van der Waals surface area (Å²) < 4.78 is 0. The van der Waals surface area contributed by atoms with Gasteiger partial charge >= 0.3 is 0 Å². The lowest BCUT2D eigenvalue weighted by molar-refractivity contribution is 0.585. The van der Waals surface area contributed by atoms with Crippen molar-refractivity contribution in [1.29, 1.82) is 0 Å². The summed E-state index contributed by atoms with van der Waals surface area (Å²) >= 11 is 0. The Morgan fingerprint density at radius 3 is 2.74 bits per heavy atom. The maximum atomic E-state index is 3.57. The van der Waals surface area contributed by atoms with Crippen LogP contribution in [-0.4, -0.2) is 11.5 Å². The van der Waals surface area contributed by atoms with Gasteiger partial charge in [-0.05, 0) is 28.6 Å². The van der Waals surface area contributed by atoms with Crippen LogP contribution in [0.4, 0.5) is 0 Å². The van der Waals surface area contributed by atoms with E-state index >= 15 is 0 Å². The molecule has 2 heterocycles. The minimum Gasteiger partial charge on any atom is -0.358 e. The zero-order valence-electron chi connectivity index (χ0n) is 10.7. The molecule has 2 aromatic carbocycles. The molecule has 2 nitrogen and oxygen atoms in total. The predicted octanol–water partition coefficient (Wildman–Crippen LogP) is 3.40. The van der Waals surface area contributed by atoms with Gasteiger partial charge in [0.25, 0.3) is 0 Å². The minimum absolute atomic E-state index is 0.428. The Hall–Kier alpha value is -2.06. The molecule has 94 valence electrons. The summed E-state index contributed by atoms with van der Waals surface area (Å²) in [5.74, 6) is 0.428. The largest absolute Gasteiger partial charge is 0.358 e. The Morgan fingerprint density at radius 2 is 1.79 bits per heavy atom. The van der Waals surface area contributed by atoms with E-state index in [1.807, 2.05) is 0 Å². The Labute approximate surface area is 112 Å². The van der Waals surface area contributed by atoms with Crippen LogP contribution in [0, 0.1) is 0 Å². The molecule has 4 rings (SSSR count). The molecular weight excluding hydrogens is 232 g/mol. The van der Waals surface area contributed by atoms with E-state index in [-0.39, 0.29) is 0 Å².